The number of Topliss-reactive ketones (excluding diaryl/α,β-unsaturated/α-hetero) is 6. The third-order valence-electron chi connectivity index (χ3n) is 7.74. The van der Waals surface area contributed by atoms with Gasteiger partial charge >= 0.3 is 0 Å². The van der Waals surface area contributed by atoms with Crippen LogP contribution in [-0.4, -0.2) is 123 Å². The van der Waals surface area contributed by atoms with E-state index < -0.39 is 30.2 Å². The maximum absolute atomic E-state index is 12.6. The van der Waals surface area contributed by atoms with Gasteiger partial charge in [0, 0.05) is 12.5 Å². The second kappa shape index (κ2) is 24.5. The number of nitrogens with one attached hydrogen (secondary N) is 7. The number of hydrogen-bond acceptors (Lipinski definition) is 15. The number of nitrogens with two attached hydrogens (primary N) is 1. The Morgan fingerprint density at radius 2 is 1.02 bits per heavy atom. The van der Waals surface area contributed by atoms with Crippen molar-refractivity contribution in [2.24, 2.45) is 11.7 Å². The second-order valence-electron chi connectivity index (χ2n) is 11.9. The lowest BCUT2D eigenvalue weighted by atomic mass is 10.1. The zero-order valence-electron chi connectivity index (χ0n) is 28.6. The summed E-state index contributed by atoms with van der Waals surface area (Å²) < 4.78 is 0. The van der Waals surface area contributed by atoms with E-state index in [4.69, 9.17) is 5.73 Å². The highest BCUT2D eigenvalue weighted by Crippen LogP contribution is 2.01. The first-order chi connectivity index (χ1) is 21.6. The molecule has 0 spiro atoms. The number of rotatable bonds is 30. The average molecular weight is 655 g/mol. The van der Waals surface area contributed by atoms with Gasteiger partial charge in [0.25, 0.3) is 0 Å². The molecule has 15 heteroatoms. The molecule has 0 aliphatic carbocycles. The molecule has 46 heavy (non-hydrogen) atoms. The molecule has 0 rings (SSSR count). The Balaban J connectivity index is 4.36. The van der Waals surface area contributed by atoms with Gasteiger partial charge in [-0.15, -0.1) is 0 Å². The summed E-state index contributed by atoms with van der Waals surface area (Å²) in [7, 11) is 0. The van der Waals surface area contributed by atoms with Gasteiger partial charge in [-0.25, -0.2) is 10.9 Å². The Morgan fingerprint density at radius 1 is 0.609 bits per heavy atom. The van der Waals surface area contributed by atoms with Gasteiger partial charge in [-0.2, -0.15) is 0 Å². The predicted octanol–water partition coefficient (Wildman–Crippen LogP) is -2.26. The molecule has 0 bridgehead atoms. The summed E-state index contributed by atoms with van der Waals surface area (Å²) in [5.74, 6) is -1.34. The topological polar surface area (TPSA) is 230 Å². The fourth-order valence-electron chi connectivity index (χ4n) is 3.91. The van der Waals surface area contributed by atoms with E-state index in [0.717, 1.165) is 19.1 Å². The molecule has 0 radical (unpaired) electrons. The van der Waals surface area contributed by atoms with E-state index in [0.29, 0.717) is 19.5 Å². The van der Waals surface area contributed by atoms with Crippen LogP contribution in [0.15, 0.2) is 0 Å². The summed E-state index contributed by atoms with van der Waals surface area (Å²) in [5, 5.41) is 14.5. The van der Waals surface area contributed by atoms with Crippen LogP contribution < -0.4 is 43.2 Å². The molecule has 0 saturated heterocycles. The lowest BCUT2D eigenvalue weighted by molar-refractivity contribution is -0.123. The summed E-state index contributed by atoms with van der Waals surface area (Å²) in [5.41, 5.74) is 11.2. The molecule has 0 aromatic carbocycles. The van der Waals surface area contributed by atoms with E-state index in [1.807, 2.05) is 0 Å². The Kier molecular flexibility index (Phi) is 23.1. The maximum Gasteiger partial charge on any atom is 0.164 e. The summed E-state index contributed by atoms with van der Waals surface area (Å²) >= 11 is 0. The Labute approximate surface area is 273 Å². The third kappa shape index (κ3) is 19.1. The SMILES string of the molecule is CC(=O)[C@H](CCCCN)NNCC(=O)C(C)NCC(=O)C(C)NCC(=O)C(C)NCC(=O)C(C)NCC(=O)C(C)CN[C@@H](C)C=O. The molecule has 15 nitrogen and oxygen atoms in total. The number of carbonyl (C=O) groups is 7. The number of ketones is 6. The van der Waals surface area contributed by atoms with Crippen LogP contribution in [0.5, 0.6) is 0 Å². The van der Waals surface area contributed by atoms with Gasteiger partial charge in [0.1, 0.15) is 12.1 Å². The van der Waals surface area contributed by atoms with E-state index in [9.17, 15) is 33.6 Å². The van der Waals surface area contributed by atoms with Crippen LogP contribution in [0, 0.1) is 5.92 Å². The minimum absolute atomic E-state index is 0.00292. The number of aldehydes is 1. The largest absolute Gasteiger partial charge is 0.330 e. The molecule has 0 fully saturated rings. The smallest absolute Gasteiger partial charge is 0.164 e. The molecule has 0 heterocycles. The van der Waals surface area contributed by atoms with E-state index in [-0.39, 0.29) is 79.4 Å². The van der Waals surface area contributed by atoms with E-state index in [1.54, 1.807) is 41.5 Å². The van der Waals surface area contributed by atoms with Crippen LogP contribution >= 0.6 is 0 Å². The maximum atomic E-state index is 12.6. The Hall–Kier alpha value is -2.63. The van der Waals surface area contributed by atoms with Gasteiger partial charge in [-0.05, 0) is 60.9 Å². The fourth-order valence-corrected chi connectivity index (χ4v) is 3.91. The highest BCUT2D eigenvalue weighted by Gasteiger charge is 2.22. The number of unbranched alkanes of at least 4 members (excludes halogenated alkanes) is 1. The van der Waals surface area contributed by atoms with Crippen LogP contribution in [-0.2, 0) is 33.6 Å². The summed E-state index contributed by atoms with van der Waals surface area (Å²) in [6.45, 7) is 12.1. The molecule has 0 aliphatic heterocycles. The van der Waals surface area contributed by atoms with Crippen LogP contribution in [0.4, 0.5) is 0 Å². The number of hydrogen-bond donors (Lipinski definition) is 8. The van der Waals surface area contributed by atoms with Crippen molar-refractivity contribution in [2.75, 3.05) is 45.8 Å². The van der Waals surface area contributed by atoms with Crippen molar-refractivity contribution in [1.29, 1.82) is 0 Å². The molecular formula is C31H58N8O7. The van der Waals surface area contributed by atoms with Crippen molar-refractivity contribution >= 4 is 41.0 Å². The van der Waals surface area contributed by atoms with Gasteiger partial charge in [-0.3, -0.25) is 28.8 Å². The Morgan fingerprint density at radius 3 is 1.41 bits per heavy atom. The molecule has 9 N–H and O–H groups in total. The van der Waals surface area contributed by atoms with Gasteiger partial charge in [0.2, 0.25) is 0 Å². The van der Waals surface area contributed by atoms with E-state index >= 15 is 0 Å². The van der Waals surface area contributed by atoms with E-state index in [1.165, 1.54) is 6.92 Å². The normalized spacial score (nSPS) is 16.0. The lowest BCUT2D eigenvalue weighted by Crippen LogP contribution is -2.51. The van der Waals surface area contributed by atoms with Crippen molar-refractivity contribution in [1.82, 2.24) is 37.4 Å². The zero-order valence-corrected chi connectivity index (χ0v) is 28.6. The number of carbonyl (C=O) groups excluding carboxylic acids is 7. The van der Waals surface area contributed by atoms with Gasteiger partial charge in [0.05, 0.1) is 69.0 Å². The molecule has 0 aliphatic rings. The second-order valence-corrected chi connectivity index (χ2v) is 11.9. The zero-order chi connectivity index (χ0) is 35.2. The molecule has 0 aromatic rings. The molecule has 0 saturated carbocycles. The van der Waals surface area contributed by atoms with Crippen LogP contribution in [0.2, 0.25) is 0 Å². The monoisotopic (exact) mass is 654 g/mol. The van der Waals surface area contributed by atoms with Crippen molar-refractivity contribution in [3.63, 3.8) is 0 Å². The fraction of sp³-hybridized carbons (Fsp3) is 0.774. The Bertz CT molecular complexity index is 996. The molecule has 0 amide bonds. The highest BCUT2D eigenvalue weighted by molar-refractivity contribution is 5.91. The van der Waals surface area contributed by atoms with Crippen molar-refractivity contribution in [3.05, 3.63) is 0 Å². The summed E-state index contributed by atoms with van der Waals surface area (Å²) in [4.78, 5) is 84.8. The average Bonchev–Trinajstić information content (AvgIpc) is 3.03. The minimum atomic E-state index is -0.654. The van der Waals surface area contributed by atoms with Gasteiger partial charge < -0.3 is 37.1 Å². The van der Waals surface area contributed by atoms with Crippen LogP contribution in [0.25, 0.3) is 0 Å². The quantitative estimate of drug-likeness (QED) is 0.0232. The predicted molar refractivity (Wildman–Crippen MR) is 176 cm³/mol. The van der Waals surface area contributed by atoms with Gasteiger partial charge in [-0.1, -0.05) is 13.3 Å². The van der Waals surface area contributed by atoms with Crippen molar-refractivity contribution in [3.8, 4) is 0 Å². The molecule has 264 valence electrons. The van der Waals surface area contributed by atoms with Crippen LogP contribution in [0.1, 0.15) is 67.7 Å². The lowest BCUT2D eigenvalue weighted by Gasteiger charge is -2.19. The minimum Gasteiger partial charge on any atom is -0.330 e. The van der Waals surface area contributed by atoms with Crippen molar-refractivity contribution in [2.45, 2.75) is 104 Å². The first kappa shape index (κ1) is 43.4. The van der Waals surface area contributed by atoms with Crippen molar-refractivity contribution < 1.29 is 33.6 Å². The first-order valence-corrected chi connectivity index (χ1v) is 16.1. The standard InChI is InChI=1S/C31H58N8O7/c1-19(12-33-20(2)18-40)27(42)13-34-21(3)28(43)14-35-22(4)29(44)15-36-23(5)30(45)16-37-24(6)31(46)17-38-39-26(25(7)41)10-8-9-11-32/h18-24,26,33-39H,8-17,32H2,1-7H3/t19?,20-,21?,22?,23?,24?,26-/m0/s1. The van der Waals surface area contributed by atoms with E-state index in [2.05, 4.69) is 37.4 Å². The molecule has 5 unspecified atom stereocenters. The molecule has 0 aromatic heterocycles. The first-order valence-electron chi connectivity index (χ1n) is 16.1. The highest BCUT2D eigenvalue weighted by atomic mass is 16.2. The third-order valence-corrected chi connectivity index (χ3v) is 7.74. The molecular weight excluding hydrogens is 596 g/mol. The van der Waals surface area contributed by atoms with Gasteiger partial charge in [0.15, 0.2) is 28.9 Å². The van der Waals surface area contributed by atoms with Crippen LogP contribution in [0.3, 0.4) is 0 Å². The number of hydrazine groups is 1. The molecule has 7 atom stereocenters. The summed E-state index contributed by atoms with van der Waals surface area (Å²) in [6, 6.07) is -3.29. The summed E-state index contributed by atoms with van der Waals surface area (Å²) in [6.07, 6.45) is 2.98.